The fourth-order valence-corrected chi connectivity index (χ4v) is 4.04. The van der Waals surface area contributed by atoms with E-state index >= 15 is 0 Å². The van der Waals surface area contributed by atoms with E-state index in [2.05, 4.69) is 33.4 Å². The first-order valence-corrected chi connectivity index (χ1v) is 7.95. The Hall–Kier alpha value is -1.13. The number of rotatable bonds is 3. The van der Waals surface area contributed by atoms with E-state index in [9.17, 15) is 4.79 Å². The highest BCUT2D eigenvalue weighted by atomic mass is 79.9. The highest BCUT2D eigenvalue weighted by Crippen LogP contribution is 2.33. The second-order valence-electron chi connectivity index (χ2n) is 4.70. The predicted octanol–water partition coefficient (Wildman–Crippen LogP) is 4.22. The van der Waals surface area contributed by atoms with E-state index in [1.54, 1.807) is 11.3 Å². The molecule has 1 aliphatic rings. The molecule has 3 rings (SSSR count). The van der Waals surface area contributed by atoms with Gasteiger partial charge >= 0.3 is 0 Å². The van der Waals surface area contributed by atoms with Crippen molar-refractivity contribution in [2.24, 2.45) is 0 Å². The minimum atomic E-state index is 0.0401. The van der Waals surface area contributed by atoms with Gasteiger partial charge in [0.2, 0.25) is 0 Å². The van der Waals surface area contributed by atoms with Crippen LogP contribution in [0.3, 0.4) is 0 Å². The highest BCUT2D eigenvalue weighted by Gasteiger charge is 2.26. The lowest BCUT2D eigenvalue weighted by Gasteiger charge is -2.25. The van der Waals surface area contributed by atoms with Gasteiger partial charge in [0.25, 0.3) is 0 Å². The van der Waals surface area contributed by atoms with Crippen LogP contribution in [0, 0.1) is 0 Å². The maximum atomic E-state index is 12.5. The van der Waals surface area contributed by atoms with Crippen molar-refractivity contribution in [3.8, 4) is 0 Å². The summed E-state index contributed by atoms with van der Waals surface area (Å²) >= 11 is 5.08. The molecule has 19 heavy (non-hydrogen) atoms. The number of halogens is 1. The fourth-order valence-electron chi connectivity index (χ4n) is 2.54. The van der Waals surface area contributed by atoms with E-state index < -0.39 is 0 Å². The first-order chi connectivity index (χ1) is 9.24. The number of fused-ring (bicyclic) bond motifs is 1. The van der Waals surface area contributed by atoms with Gasteiger partial charge in [-0.25, -0.2) is 0 Å². The van der Waals surface area contributed by atoms with E-state index in [1.807, 2.05) is 24.3 Å². The van der Waals surface area contributed by atoms with Crippen molar-refractivity contribution in [3.63, 3.8) is 0 Å². The molecule has 2 aromatic rings. The summed E-state index contributed by atoms with van der Waals surface area (Å²) in [5.41, 5.74) is 2.26. The monoisotopic (exact) mass is 335 g/mol. The lowest BCUT2D eigenvalue weighted by molar-refractivity contribution is -0.119. The summed E-state index contributed by atoms with van der Waals surface area (Å²) in [6, 6.07) is 12.2. The highest BCUT2D eigenvalue weighted by molar-refractivity contribution is 9.11. The molecule has 0 radical (unpaired) electrons. The van der Waals surface area contributed by atoms with Crippen molar-refractivity contribution in [1.29, 1.82) is 0 Å². The van der Waals surface area contributed by atoms with Crippen LogP contribution in [0.15, 0.2) is 40.2 Å². The number of hydrogen-bond donors (Lipinski definition) is 1. The van der Waals surface area contributed by atoms with Gasteiger partial charge in [0.05, 0.1) is 3.79 Å². The van der Waals surface area contributed by atoms with E-state index in [0.29, 0.717) is 12.2 Å². The maximum Gasteiger partial charge on any atom is 0.145 e. The number of carbonyl (C=O) groups excluding carboxylic acids is 1. The van der Waals surface area contributed by atoms with Crippen molar-refractivity contribution in [1.82, 2.24) is 0 Å². The number of benzene rings is 1. The van der Waals surface area contributed by atoms with Crippen LogP contribution < -0.4 is 5.32 Å². The standard InChI is InChI=1S/C15H14BrNOS/c16-15-6-5-10(19-15)9-14(18)12-7-8-17-13-4-2-1-3-11(12)13/h1-6,12,17H,7-9H2. The summed E-state index contributed by atoms with van der Waals surface area (Å²) in [5, 5.41) is 3.36. The molecule has 2 nitrogen and oxygen atoms in total. The van der Waals surface area contributed by atoms with Crippen molar-refractivity contribution in [3.05, 3.63) is 50.6 Å². The average molecular weight is 336 g/mol. The number of anilines is 1. The molecule has 2 heterocycles. The van der Waals surface area contributed by atoms with Gasteiger partial charge in [-0.2, -0.15) is 0 Å². The summed E-state index contributed by atoms with van der Waals surface area (Å²) in [5.74, 6) is 0.363. The van der Waals surface area contributed by atoms with Crippen molar-refractivity contribution >= 4 is 38.7 Å². The molecule has 0 fully saturated rings. The molecule has 1 N–H and O–H groups in total. The fraction of sp³-hybridized carbons (Fsp3) is 0.267. The van der Waals surface area contributed by atoms with Crippen molar-refractivity contribution in [2.45, 2.75) is 18.8 Å². The summed E-state index contributed by atoms with van der Waals surface area (Å²) in [4.78, 5) is 13.6. The zero-order valence-electron chi connectivity index (χ0n) is 10.4. The summed E-state index contributed by atoms with van der Waals surface area (Å²) in [7, 11) is 0. The SMILES string of the molecule is O=C(Cc1ccc(Br)s1)C1CCNc2ccccc21. The van der Waals surface area contributed by atoms with Crippen LogP contribution in [-0.4, -0.2) is 12.3 Å². The summed E-state index contributed by atoms with van der Waals surface area (Å²) < 4.78 is 1.08. The lowest BCUT2D eigenvalue weighted by Crippen LogP contribution is -2.23. The van der Waals surface area contributed by atoms with Gasteiger partial charge in [0.1, 0.15) is 5.78 Å². The van der Waals surface area contributed by atoms with Crippen molar-refractivity contribution < 1.29 is 4.79 Å². The zero-order valence-corrected chi connectivity index (χ0v) is 12.8. The molecule has 0 bridgehead atoms. The molecule has 1 atom stereocenters. The Morgan fingerprint density at radius 2 is 2.16 bits per heavy atom. The molecule has 4 heteroatoms. The number of nitrogens with one attached hydrogen (secondary N) is 1. The Labute approximate surface area is 125 Å². The van der Waals surface area contributed by atoms with Crippen LogP contribution in [0.5, 0.6) is 0 Å². The molecule has 0 saturated heterocycles. The number of carbonyl (C=O) groups is 1. The Kier molecular flexibility index (Phi) is 3.71. The molecule has 1 aliphatic heterocycles. The first-order valence-electron chi connectivity index (χ1n) is 6.34. The summed E-state index contributed by atoms with van der Waals surface area (Å²) in [6.07, 6.45) is 1.43. The van der Waals surface area contributed by atoms with E-state index in [1.165, 1.54) is 0 Å². The molecular formula is C15H14BrNOS. The quantitative estimate of drug-likeness (QED) is 0.909. The van der Waals surface area contributed by atoms with Gasteiger partial charge in [-0.3, -0.25) is 4.79 Å². The third kappa shape index (κ3) is 2.74. The third-order valence-corrected chi connectivity index (χ3v) is 5.07. The second-order valence-corrected chi connectivity index (χ2v) is 7.25. The van der Waals surface area contributed by atoms with Crippen LogP contribution in [0.1, 0.15) is 22.8 Å². The molecule has 0 saturated carbocycles. The molecular weight excluding hydrogens is 322 g/mol. The van der Waals surface area contributed by atoms with Crippen LogP contribution in [0.25, 0.3) is 0 Å². The number of thiophene rings is 1. The van der Waals surface area contributed by atoms with E-state index in [-0.39, 0.29) is 5.92 Å². The number of ketones is 1. The normalized spacial score (nSPS) is 17.6. The Bertz CT molecular complexity index is 608. The molecule has 1 unspecified atom stereocenters. The Morgan fingerprint density at radius 3 is 2.95 bits per heavy atom. The van der Waals surface area contributed by atoms with Crippen LogP contribution in [0.4, 0.5) is 5.69 Å². The van der Waals surface area contributed by atoms with Gasteiger partial charge in [-0.1, -0.05) is 18.2 Å². The summed E-state index contributed by atoms with van der Waals surface area (Å²) in [6.45, 7) is 0.877. The molecule has 98 valence electrons. The molecule has 1 aromatic heterocycles. The van der Waals surface area contributed by atoms with Crippen LogP contribution >= 0.6 is 27.3 Å². The smallest absolute Gasteiger partial charge is 0.145 e. The predicted molar refractivity (Wildman–Crippen MR) is 83.0 cm³/mol. The first kappa shape index (κ1) is 12.9. The molecule has 0 amide bonds. The minimum Gasteiger partial charge on any atom is -0.385 e. The average Bonchev–Trinajstić information content (AvgIpc) is 2.83. The molecule has 0 aliphatic carbocycles. The number of hydrogen-bond acceptors (Lipinski definition) is 3. The lowest BCUT2D eigenvalue weighted by atomic mass is 9.86. The topological polar surface area (TPSA) is 29.1 Å². The van der Waals surface area contributed by atoms with Crippen LogP contribution in [0.2, 0.25) is 0 Å². The zero-order chi connectivity index (χ0) is 13.2. The largest absolute Gasteiger partial charge is 0.385 e. The van der Waals surface area contributed by atoms with Gasteiger partial charge in [0.15, 0.2) is 0 Å². The minimum absolute atomic E-state index is 0.0401. The van der Waals surface area contributed by atoms with Gasteiger partial charge in [-0.15, -0.1) is 11.3 Å². The van der Waals surface area contributed by atoms with Crippen molar-refractivity contribution in [2.75, 3.05) is 11.9 Å². The van der Waals surface area contributed by atoms with E-state index in [0.717, 1.165) is 32.9 Å². The second kappa shape index (κ2) is 5.47. The van der Waals surface area contributed by atoms with Gasteiger partial charge in [0, 0.05) is 29.4 Å². The third-order valence-electron chi connectivity index (χ3n) is 3.45. The van der Waals surface area contributed by atoms with E-state index in [4.69, 9.17) is 0 Å². The van der Waals surface area contributed by atoms with Gasteiger partial charge < -0.3 is 5.32 Å². The Balaban J connectivity index is 1.81. The Morgan fingerprint density at radius 1 is 1.32 bits per heavy atom. The number of para-hydroxylation sites is 1. The maximum absolute atomic E-state index is 12.5. The number of Topliss-reactive ketones (excluding diaryl/α,β-unsaturated/α-hetero) is 1. The van der Waals surface area contributed by atoms with Gasteiger partial charge in [-0.05, 0) is 46.1 Å². The molecule has 0 spiro atoms. The molecule has 1 aromatic carbocycles. The van der Waals surface area contributed by atoms with Crippen LogP contribution in [-0.2, 0) is 11.2 Å².